The largest absolute Gasteiger partial charge is 4.00 e. The summed E-state index contributed by atoms with van der Waals surface area (Å²) in [6.45, 7) is 9.64. The molecule has 0 unspecified atom stereocenters. The third-order valence-corrected chi connectivity index (χ3v) is 3.61. The van der Waals surface area contributed by atoms with E-state index >= 15 is 0 Å². The number of hydrogen-bond acceptors (Lipinski definition) is 4. The van der Waals surface area contributed by atoms with Crippen molar-refractivity contribution in [2.75, 3.05) is 0 Å². The Morgan fingerprint density at radius 3 is 1.32 bits per heavy atom. The number of aliphatic carboxylic acids is 2. The van der Waals surface area contributed by atoms with E-state index in [4.69, 9.17) is 10.2 Å². The van der Waals surface area contributed by atoms with Crippen LogP contribution in [0.5, 0.6) is 0 Å². The minimum Gasteiger partial charge on any atom is -0.868 e. The van der Waals surface area contributed by atoms with Gasteiger partial charge in [-0.15, -0.1) is 12.8 Å². The zero-order valence-electron chi connectivity index (χ0n) is 18.4. The Balaban J connectivity index is -0.000000341. The molecule has 0 aromatic rings. The van der Waals surface area contributed by atoms with Gasteiger partial charge in [0.15, 0.2) is 0 Å². The molecule has 0 saturated heterocycles. The van der Waals surface area contributed by atoms with Gasteiger partial charge in [0.1, 0.15) is 0 Å². The Morgan fingerprint density at radius 2 is 1.16 bits per heavy atom. The molecule has 2 aliphatic rings. The SMILES string of the molecule is C=C([O-])C(=O)O.C=C([O-])C(=O)O.CCCCC1=[C-]CC=C1.CCCCC1=[C-]CC=C1.[Hf+4]. The molecule has 0 radical (unpaired) electrons. The Hall–Kier alpha value is -2.15. The molecule has 168 valence electrons. The average Bonchev–Trinajstić information content (AvgIpc) is 3.40. The van der Waals surface area contributed by atoms with Crippen molar-refractivity contribution in [3.63, 3.8) is 0 Å². The maximum Gasteiger partial charge on any atom is 4.00 e. The number of carboxylic acid groups (broad SMARTS) is 2. The van der Waals surface area contributed by atoms with Gasteiger partial charge in [0.05, 0.1) is 0 Å². The second-order valence-corrected chi connectivity index (χ2v) is 6.28. The van der Waals surface area contributed by atoms with Crippen molar-refractivity contribution in [1.29, 1.82) is 0 Å². The molecule has 0 saturated carbocycles. The van der Waals surface area contributed by atoms with Crippen molar-refractivity contribution >= 4 is 11.9 Å². The van der Waals surface area contributed by atoms with E-state index in [9.17, 15) is 19.8 Å². The van der Waals surface area contributed by atoms with Crippen LogP contribution in [0.2, 0.25) is 0 Å². The van der Waals surface area contributed by atoms with E-state index in [1.807, 2.05) is 0 Å². The van der Waals surface area contributed by atoms with Crippen molar-refractivity contribution in [2.45, 2.75) is 65.2 Å². The molecule has 0 aromatic carbocycles. The monoisotopic (exact) mass is 596 g/mol. The van der Waals surface area contributed by atoms with Gasteiger partial charge in [0.25, 0.3) is 0 Å². The Kier molecular flexibility index (Phi) is 24.3. The van der Waals surface area contributed by atoms with Gasteiger partial charge in [0, 0.05) is 0 Å². The summed E-state index contributed by atoms with van der Waals surface area (Å²) in [5.74, 6) is -5.13. The number of hydrogen-bond donors (Lipinski definition) is 2. The smallest absolute Gasteiger partial charge is 0.868 e. The Bertz CT molecular complexity index is 590. The molecular weight excluding hydrogens is 563 g/mol. The maximum atomic E-state index is 9.43. The molecule has 6 nitrogen and oxygen atoms in total. The fourth-order valence-corrected chi connectivity index (χ4v) is 1.98. The van der Waals surface area contributed by atoms with Crippen molar-refractivity contribution in [3.8, 4) is 0 Å². The van der Waals surface area contributed by atoms with E-state index in [-0.39, 0.29) is 25.8 Å². The van der Waals surface area contributed by atoms with Crippen molar-refractivity contribution in [2.24, 2.45) is 0 Å². The third-order valence-electron chi connectivity index (χ3n) is 3.61. The fourth-order valence-electron chi connectivity index (χ4n) is 1.98. The molecule has 2 N–H and O–H groups in total. The summed E-state index contributed by atoms with van der Waals surface area (Å²) in [5, 5.41) is 34.0. The van der Waals surface area contributed by atoms with Crippen LogP contribution in [0.15, 0.2) is 60.1 Å². The van der Waals surface area contributed by atoms with E-state index in [0.717, 1.165) is 12.8 Å². The zero-order chi connectivity index (χ0) is 23.4. The Morgan fingerprint density at radius 1 is 0.871 bits per heavy atom. The van der Waals surface area contributed by atoms with Crippen LogP contribution >= 0.6 is 0 Å². The predicted octanol–water partition coefficient (Wildman–Crippen LogP) is 3.62. The maximum absolute atomic E-state index is 9.43. The van der Waals surface area contributed by atoms with Gasteiger partial charge in [0.2, 0.25) is 0 Å². The summed E-state index contributed by atoms with van der Waals surface area (Å²) < 4.78 is 0. The summed E-state index contributed by atoms with van der Waals surface area (Å²) in [6.07, 6.45) is 25.1. The van der Waals surface area contributed by atoms with Crippen LogP contribution in [-0.2, 0) is 35.4 Å². The molecule has 0 bridgehead atoms. The van der Waals surface area contributed by atoms with Crippen LogP contribution in [0, 0.1) is 12.2 Å². The van der Waals surface area contributed by atoms with E-state index in [0.29, 0.717) is 0 Å². The van der Waals surface area contributed by atoms with Gasteiger partial charge in [-0.3, -0.25) is 12.2 Å². The van der Waals surface area contributed by atoms with Crippen LogP contribution in [0.1, 0.15) is 65.2 Å². The first-order valence-corrected chi connectivity index (χ1v) is 9.86. The van der Waals surface area contributed by atoms with Crippen LogP contribution in [0.3, 0.4) is 0 Å². The summed E-state index contributed by atoms with van der Waals surface area (Å²) in [4.78, 5) is 18.6. The fraction of sp³-hybridized carbons (Fsp3) is 0.417. The van der Waals surface area contributed by atoms with Crippen molar-refractivity contribution in [1.82, 2.24) is 0 Å². The zero-order valence-corrected chi connectivity index (χ0v) is 22.0. The molecule has 31 heavy (non-hydrogen) atoms. The molecule has 0 heterocycles. The van der Waals surface area contributed by atoms with Crippen LogP contribution in [0.25, 0.3) is 0 Å². The quantitative estimate of drug-likeness (QED) is 0.192. The second kappa shape index (κ2) is 22.5. The first-order chi connectivity index (χ1) is 14.1. The van der Waals surface area contributed by atoms with E-state index < -0.39 is 23.5 Å². The summed E-state index contributed by atoms with van der Waals surface area (Å²) in [7, 11) is 0. The van der Waals surface area contributed by atoms with Gasteiger partial charge < -0.3 is 20.4 Å². The molecule has 0 spiro atoms. The van der Waals surface area contributed by atoms with Gasteiger partial charge >= 0.3 is 37.8 Å². The topological polar surface area (TPSA) is 121 Å². The van der Waals surface area contributed by atoms with Crippen LogP contribution in [0.4, 0.5) is 0 Å². The number of rotatable bonds is 8. The minimum absolute atomic E-state index is 0. The first kappa shape index (κ1) is 33.5. The molecule has 2 rings (SSSR count). The molecular formula is C24H32HfO6. The average molecular weight is 595 g/mol. The van der Waals surface area contributed by atoms with E-state index in [1.165, 1.54) is 49.7 Å². The third kappa shape index (κ3) is 24.0. The molecule has 0 atom stereocenters. The minimum atomic E-state index is -1.49. The van der Waals surface area contributed by atoms with Gasteiger partial charge in [-0.1, -0.05) is 65.5 Å². The number of unbranched alkanes of at least 4 members (excludes halogenated alkanes) is 2. The molecule has 0 fully saturated rings. The summed E-state index contributed by atoms with van der Waals surface area (Å²) in [6, 6.07) is 0. The molecule has 0 aliphatic heterocycles. The van der Waals surface area contributed by atoms with Crippen molar-refractivity contribution < 1.29 is 55.9 Å². The van der Waals surface area contributed by atoms with Gasteiger partial charge in [-0.2, -0.15) is 12.2 Å². The van der Waals surface area contributed by atoms with Gasteiger partial charge in [-0.25, -0.2) is 32.9 Å². The first-order valence-electron chi connectivity index (χ1n) is 9.86. The Labute approximate surface area is 204 Å². The standard InChI is InChI=1S/2C9H13.2C3H4O3.Hf/c2*1-2-3-6-9-7-4-5-8-9;2*1-2(4)3(5)6;/h2*4,7H,2-3,5-6H2,1H3;2*4H,1H2,(H,5,6);/q2*-1;;;+4/p-2. The van der Waals surface area contributed by atoms with Crippen LogP contribution in [-0.4, -0.2) is 22.2 Å². The normalized spacial score (nSPS) is 12.3. The van der Waals surface area contributed by atoms with Gasteiger partial charge in [-0.05, 0) is 11.5 Å². The van der Waals surface area contributed by atoms with E-state index in [1.54, 1.807) is 0 Å². The summed E-state index contributed by atoms with van der Waals surface area (Å²) >= 11 is 0. The molecule has 0 amide bonds. The van der Waals surface area contributed by atoms with E-state index in [2.05, 4.69) is 63.5 Å². The summed E-state index contributed by atoms with van der Waals surface area (Å²) in [5.41, 5.74) is 2.83. The van der Waals surface area contributed by atoms with Crippen LogP contribution < -0.4 is 10.2 Å². The molecule has 0 aromatic heterocycles. The molecule has 2 aliphatic carbocycles. The molecule has 7 heteroatoms. The predicted molar refractivity (Wildman–Crippen MR) is 114 cm³/mol. The number of carbonyl (C=O) groups is 2. The second-order valence-electron chi connectivity index (χ2n) is 6.28. The van der Waals surface area contributed by atoms with Crippen molar-refractivity contribution in [3.05, 3.63) is 72.3 Å². The number of allylic oxidation sites excluding steroid dienone is 8. The number of carboxylic acids is 2.